The number of aryl methyl sites for hydroxylation is 1. The van der Waals surface area contributed by atoms with Crippen LogP contribution in [-0.2, 0) is 14.9 Å². The van der Waals surface area contributed by atoms with E-state index in [0.717, 1.165) is 24.3 Å². The molecule has 0 bridgehead atoms. The zero-order valence-corrected chi connectivity index (χ0v) is 17.9. The van der Waals surface area contributed by atoms with Gasteiger partial charge in [0.2, 0.25) is 11.8 Å². The minimum absolute atomic E-state index is 0.140. The summed E-state index contributed by atoms with van der Waals surface area (Å²) < 4.78 is 35.6. The number of alkyl halides is 2. The van der Waals surface area contributed by atoms with Gasteiger partial charge in [0.25, 0.3) is 0 Å². The number of halogens is 2. The molecule has 1 amide bonds. The van der Waals surface area contributed by atoms with Crippen LogP contribution < -0.4 is 10.1 Å². The Balaban J connectivity index is 1.65. The van der Waals surface area contributed by atoms with E-state index in [4.69, 9.17) is 4.74 Å². The molecule has 0 radical (unpaired) electrons. The fourth-order valence-electron chi connectivity index (χ4n) is 4.22. The molecule has 0 saturated carbocycles. The van der Waals surface area contributed by atoms with Gasteiger partial charge >= 0.3 is 6.61 Å². The van der Waals surface area contributed by atoms with Gasteiger partial charge < -0.3 is 14.8 Å². The number of hydrogen-bond acceptors (Lipinski definition) is 5. The van der Waals surface area contributed by atoms with Crippen LogP contribution in [0.4, 0.5) is 14.5 Å². The second-order valence-electron chi connectivity index (χ2n) is 8.59. The minimum Gasteiger partial charge on any atom is -0.415 e. The van der Waals surface area contributed by atoms with Gasteiger partial charge in [0.15, 0.2) is 0 Å². The molecule has 2 aliphatic rings. The van der Waals surface area contributed by atoms with Crippen LogP contribution in [0.5, 0.6) is 5.88 Å². The van der Waals surface area contributed by atoms with Gasteiger partial charge in [-0.3, -0.25) is 9.69 Å². The number of rotatable bonds is 8. The van der Waals surface area contributed by atoms with Crippen molar-refractivity contribution >= 4 is 11.6 Å². The average molecular weight is 431 g/mol. The summed E-state index contributed by atoms with van der Waals surface area (Å²) in [7, 11) is 0. The molecule has 166 valence electrons. The zero-order chi connectivity index (χ0) is 22.2. The summed E-state index contributed by atoms with van der Waals surface area (Å²) in [5.41, 5.74) is 1.94. The highest BCUT2D eigenvalue weighted by atomic mass is 19.3. The van der Waals surface area contributed by atoms with Crippen LogP contribution in [0, 0.1) is 6.92 Å². The van der Waals surface area contributed by atoms with Crippen molar-refractivity contribution in [2.75, 3.05) is 31.6 Å². The number of ether oxygens (including phenoxy) is 2. The smallest absolute Gasteiger partial charge is 0.388 e. The van der Waals surface area contributed by atoms with Crippen molar-refractivity contribution in [1.29, 1.82) is 0 Å². The standard InChI is InChI=1S/C23H27F2N3O3/c1-14(2)17-6-4-5-7-18(17)23(12-28(13-23)10-16-11-30-16)21(29)27-19-9-8-15(3)26-20(19)31-22(24)25/h4-9,14,16,22H,10-13H2,1-3H3,(H,27,29). The van der Waals surface area contributed by atoms with Crippen molar-refractivity contribution in [3.05, 3.63) is 53.2 Å². The number of anilines is 1. The summed E-state index contributed by atoms with van der Waals surface area (Å²) in [5, 5.41) is 2.82. The molecule has 2 saturated heterocycles. The highest BCUT2D eigenvalue weighted by Crippen LogP contribution is 2.41. The van der Waals surface area contributed by atoms with E-state index in [9.17, 15) is 13.6 Å². The second-order valence-corrected chi connectivity index (χ2v) is 8.59. The number of pyridine rings is 1. The summed E-state index contributed by atoms with van der Waals surface area (Å²) >= 11 is 0. The molecule has 1 aromatic carbocycles. The Hall–Kier alpha value is -2.58. The summed E-state index contributed by atoms with van der Waals surface area (Å²) in [6.07, 6.45) is 0.230. The summed E-state index contributed by atoms with van der Waals surface area (Å²) in [5.74, 6) is -0.294. The van der Waals surface area contributed by atoms with E-state index in [-0.39, 0.29) is 29.5 Å². The molecule has 1 aromatic heterocycles. The number of nitrogens with one attached hydrogen (secondary N) is 1. The number of benzene rings is 1. The van der Waals surface area contributed by atoms with Crippen molar-refractivity contribution < 1.29 is 23.0 Å². The van der Waals surface area contributed by atoms with E-state index in [1.54, 1.807) is 19.1 Å². The lowest BCUT2D eigenvalue weighted by atomic mass is 9.69. The summed E-state index contributed by atoms with van der Waals surface area (Å²) in [4.78, 5) is 19.8. The van der Waals surface area contributed by atoms with E-state index in [1.165, 1.54) is 0 Å². The maximum atomic E-state index is 13.6. The molecule has 4 rings (SSSR count). The first-order valence-corrected chi connectivity index (χ1v) is 10.5. The number of carbonyl (C=O) groups is 1. The lowest BCUT2D eigenvalue weighted by Gasteiger charge is -2.50. The van der Waals surface area contributed by atoms with Crippen molar-refractivity contribution in [3.8, 4) is 5.88 Å². The molecule has 31 heavy (non-hydrogen) atoms. The van der Waals surface area contributed by atoms with Crippen LogP contribution in [0.2, 0.25) is 0 Å². The number of hydrogen-bond donors (Lipinski definition) is 1. The van der Waals surface area contributed by atoms with Gasteiger partial charge in [0.1, 0.15) is 5.69 Å². The summed E-state index contributed by atoms with van der Waals surface area (Å²) in [6.45, 7) is 5.44. The Kier molecular flexibility index (Phi) is 5.94. The highest BCUT2D eigenvalue weighted by Gasteiger charge is 2.52. The fourth-order valence-corrected chi connectivity index (χ4v) is 4.22. The van der Waals surface area contributed by atoms with Crippen LogP contribution in [-0.4, -0.2) is 54.7 Å². The maximum Gasteiger partial charge on any atom is 0.388 e. The first-order chi connectivity index (χ1) is 14.8. The minimum atomic E-state index is -3.03. The highest BCUT2D eigenvalue weighted by molar-refractivity contribution is 6.01. The number of likely N-dealkylation sites (tertiary alicyclic amines) is 1. The monoisotopic (exact) mass is 431 g/mol. The molecular formula is C23H27F2N3O3. The second kappa shape index (κ2) is 8.51. The van der Waals surface area contributed by atoms with Crippen molar-refractivity contribution in [2.24, 2.45) is 0 Å². The Bertz CT molecular complexity index is 957. The van der Waals surface area contributed by atoms with Gasteiger partial charge in [-0.1, -0.05) is 38.1 Å². The van der Waals surface area contributed by atoms with Crippen LogP contribution in [0.3, 0.4) is 0 Å². The van der Waals surface area contributed by atoms with Gasteiger partial charge in [-0.25, -0.2) is 4.98 Å². The Morgan fingerprint density at radius 1 is 1.29 bits per heavy atom. The molecule has 2 aromatic rings. The van der Waals surface area contributed by atoms with Gasteiger partial charge in [-0.05, 0) is 36.1 Å². The van der Waals surface area contributed by atoms with Crippen LogP contribution in [0.25, 0.3) is 0 Å². The van der Waals surface area contributed by atoms with Crippen LogP contribution in [0.1, 0.15) is 36.6 Å². The third kappa shape index (κ3) is 4.55. The quantitative estimate of drug-likeness (QED) is 0.646. The van der Waals surface area contributed by atoms with E-state index >= 15 is 0 Å². The predicted octanol–water partition coefficient (Wildman–Crippen LogP) is 3.71. The number of aromatic nitrogens is 1. The van der Waals surface area contributed by atoms with Crippen LogP contribution in [0.15, 0.2) is 36.4 Å². The first-order valence-electron chi connectivity index (χ1n) is 10.5. The average Bonchev–Trinajstić information content (AvgIpc) is 3.50. The zero-order valence-electron chi connectivity index (χ0n) is 17.9. The van der Waals surface area contributed by atoms with Gasteiger partial charge in [0.05, 0.1) is 18.1 Å². The van der Waals surface area contributed by atoms with Gasteiger partial charge in [-0.2, -0.15) is 8.78 Å². The molecular weight excluding hydrogens is 404 g/mol. The largest absolute Gasteiger partial charge is 0.415 e. The number of epoxide rings is 1. The molecule has 0 spiro atoms. The van der Waals surface area contributed by atoms with E-state index in [0.29, 0.717) is 18.8 Å². The predicted molar refractivity (Wildman–Crippen MR) is 113 cm³/mol. The molecule has 1 N–H and O–H groups in total. The molecule has 2 fully saturated rings. The van der Waals surface area contributed by atoms with Crippen molar-refractivity contribution in [3.63, 3.8) is 0 Å². The number of carbonyl (C=O) groups excluding carboxylic acids is 1. The topological polar surface area (TPSA) is 67.0 Å². The fraction of sp³-hybridized carbons (Fsp3) is 0.478. The van der Waals surface area contributed by atoms with Crippen molar-refractivity contribution in [2.45, 2.75) is 44.8 Å². The Morgan fingerprint density at radius 2 is 2.00 bits per heavy atom. The Morgan fingerprint density at radius 3 is 2.65 bits per heavy atom. The SMILES string of the molecule is Cc1ccc(NC(=O)C2(c3ccccc3C(C)C)CN(CC3CO3)C2)c(OC(F)F)n1. The molecule has 8 heteroatoms. The first kappa shape index (κ1) is 21.6. The number of amides is 1. The number of nitrogens with zero attached hydrogens (tertiary/aromatic N) is 2. The lowest BCUT2D eigenvalue weighted by Crippen LogP contribution is -2.65. The van der Waals surface area contributed by atoms with Gasteiger partial charge in [-0.15, -0.1) is 0 Å². The molecule has 2 aliphatic heterocycles. The maximum absolute atomic E-state index is 13.6. The third-order valence-corrected chi connectivity index (χ3v) is 5.83. The lowest BCUT2D eigenvalue weighted by molar-refractivity contribution is -0.128. The van der Waals surface area contributed by atoms with Crippen molar-refractivity contribution in [1.82, 2.24) is 9.88 Å². The molecule has 1 unspecified atom stereocenters. The van der Waals surface area contributed by atoms with Gasteiger partial charge in [0, 0.05) is 25.3 Å². The van der Waals surface area contributed by atoms with Crippen LogP contribution >= 0.6 is 0 Å². The molecule has 0 aliphatic carbocycles. The van der Waals surface area contributed by atoms with E-state index in [1.807, 2.05) is 24.3 Å². The Labute approximate surface area is 180 Å². The molecule has 1 atom stereocenters. The third-order valence-electron chi connectivity index (χ3n) is 5.83. The normalized spacial score (nSPS) is 19.9. The summed E-state index contributed by atoms with van der Waals surface area (Å²) in [6, 6.07) is 11.1. The van der Waals surface area contributed by atoms with E-state index < -0.39 is 12.0 Å². The molecule has 3 heterocycles. The van der Waals surface area contributed by atoms with E-state index in [2.05, 4.69) is 33.8 Å². The molecule has 6 nitrogen and oxygen atoms in total.